The molecule has 0 radical (unpaired) electrons. The van der Waals surface area contributed by atoms with Crippen LogP contribution in [0.3, 0.4) is 0 Å². The molecule has 0 bridgehead atoms. The van der Waals surface area contributed by atoms with Crippen LogP contribution in [-0.4, -0.2) is 17.6 Å². The van der Waals surface area contributed by atoms with Gasteiger partial charge in [-0.25, -0.2) is 4.79 Å². The van der Waals surface area contributed by atoms with Crippen molar-refractivity contribution >= 4 is 16.9 Å². The Balaban J connectivity index is 2.36. The number of H-pyrrole nitrogens is 1. The number of aromatic nitrogens is 1. The normalized spacial score (nSPS) is 16.4. The van der Waals surface area contributed by atoms with Gasteiger partial charge in [-0.2, -0.15) is 5.26 Å². The van der Waals surface area contributed by atoms with Gasteiger partial charge >= 0.3 is 5.97 Å². The Morgan fingerprint density at radius 2 is 2.00 bits per heavy atom. The van der Waals surface area contributed by atoms with Gasteiger partial charge in [0.15, 0.2) is 0 Å². The molecule has 0 amide bonds. The minimum atomic E-state index is -0.961. The quantitative estimate of drug-likeness (QED) is 0.732. The van der Waals surface area contributed by atoms with Gasteiger partial charge in [0, 0.05) is 17.4 Å². The van der Waals surface area contributed by atoms with Crippen LogP contribution in [0.15, 0.2) is 45.8 Å². The van der Waals surface area contributed by atoms with E-state index >= 15 is 0 Å². The second-order valence-corrected chi connectivity index (χ2v) is 7.27. The van der Waals surface area contributed by atoms with Crippen molar-refractivity contribution < 1.29 is 14.3 Å². The van der Waals surface area contributed by atoms with Crippen molar-refractivity contribution in [3.63, 3.8) is 0 Å². The molecule has 0 aliphatic carbocycles. The summed E-state index contributed by atoms with van der Waals surface area (Å²) < 4.78 is 10.9. The van der Waals surface area contributed by atoms with Gasteiger partial charge in [0.2, 0.25) is 5.88 Å². The van der Waals surface area contributed by atoms with Gasteiger partial charge < -0.3 is 20.2 Å². The van der Waals surface area contributed by atoms with Crippen LogP contribution in [0.1, 0.15) is 49.3 Å². The van der Waals surface area contributed by atoms with Gasteiger partial charge in [0.1, 0.15) is 17.4 Å². The van der Waals surface area contributed by atoms with Crippen LogP contribution in [0.5, 0.6) is 0 Å². The summed E-state index contributed by atoms with van der Waals surface area (Å²) in [6, 6.07) is 7.66. The largest absolute Gasteiger partial charge is 0.463 e. The van der Waals surface area contributed by atoms with E-state index < -0.39 is 11.9 Å². The van der Waals surface area contributed by atoms with E-state index in [2.05, 4.69) is 4.98 Å². The number of carbonyl (C=O) groups excluding carboxylic acids is 1. The summed E-state index contributed by atoms with van der Waals surface area (Å²) in [5.74, 6) is -1.35. The fraction of sp³-hybridized carbons (Fsp3) is 0.348. The molecule has 1 aliphatic rings. The molecule has 3 N–H and O–H groups in total. The number of nitrogens with two attached hydrogens (primary N) is 1. The summed E-state index contributed by atoms with van der Waals surface area (Å²) in [6.45, 7) is 7.63. The highest BCUT2D eigenvalue weighted by atomic mass is 16.5. The monoisotopic (exact) mass is 407 g/mol. The van der Waals surface area contributed by atoms with E-state index in [9.17, 15) is 14.9 Å². The predicted molar refractivity (Wildman–Crippen MR) is 113 cm³/mol. The number of esters is 1. The van der Waals surface area contributed by atoms with Gasteiger partial charge in [0.25, 0.3) is 5.56 Å². The number of nitrogens with zero attached hydrogens (tertiary/aromatic N) is 1. The SMILES string of the molecule is CCCC1=C(C(=O)OCC)[C@H](c2cc3c(C)ccc(C)c3[nH]c2=O)C(C#N)=C(N)O1. The Bertz CT molecular complexity index is 1180. The number of ether oxygens (including phenoxy) is 2. The van der Waals surface area contributed by atoms with Crippen LogP contribution in [0.4, 0.5) is 0 Å². The van der Waals surface area contributed by atoms with E-state index in [1.54, 1.807) is 13.0 Å². The standard InChI is InChI=1S/C23H25N3O4/c1-5-7-17-19(23(28)29-6-2)18(16(11-24)21(25)30-17)15-10-14-12(3)8-9-13(4)20(14)26-22(15)27/h8-10,18H,5-7,25H2,1-4H3,(H,26,27)/t18-/m1/s1. The molecule has 2 aromatic rings. The summed E-state index contributed by atoms with van der Waals surface area (Å²) >= 11 is 0. The number of nitriles is 1. The number of allylic oxidation sites excluding steroid dienone is 2. The lowest BCUT2D eigenvalue weighted by Crippen LogP contribution is -2.30. The molecule has 1 atom stereocenters. The predicted octanol–water partition coefficient (Wildman–Crippen LogP) is 3.57. The van der Waals surface area contributed by atoms with Gasteiger partial charge in [-0.15, -0.1) is 0 Å². The molecule has 3 rings (SSSR count). The summed E-state index contributed by atoms with van der Waals surface area (Å²) in [5.41, 5.74) is 8.69. The number of nitrogens with one attached hydrogen (secondary N) is 1. The van der Waals surface area contributed by atoms with Crippen molar-refractivity contribution in [1.82, 2.24) is 4.98 Å². The molecule has 0 spiro atoms. The summed E-state index contributed by atoms with van der Waals surface area (Å²) in [4.78, 5) is 28.9. The number of aromatic amines is 1. The first-order chi connectivity index (χ1) is 14.3. The maximum atomic E-state index is 13.1. The second kappa shape index (κ2) is 8.46. The first-order valence-corrected chi connectivity index (χ1v) is 9.94. The number of hydrogen-bond acceptors (Lipinski definition) is 6. The molecule has 0 unspecified atom stereocenters. The molecule has 0 fully saturated rings. The molecule has 2 heterocycles. The van der Waals surface area contributed by atoms with Gasteiger partial charge in [-0.3, -0.25) is 4.79 Å². The van der Waals surface area contributed by atoms with Gasteiger partial charge in [-0.1, -0.05) is 19.1 Å². The number of benzene rings is 1. The Morgan fingerprint density at radius 3 is 2.63 bits per heavy atom. The van der Waals surface area contributed by atoms with Crippen LogP contribution in [0.25, 0.3) is 10.9 Å². The highest BCUT2D eigenvalue weighted by Crippen LogP contribution is 2.40. The van der Waals surface area contributed by atoms with Crippen LogP contribution >= 0.6 is 0 Å². The van der Waals surface area contributed by atoms with E-state index in [1.165, 1.54) is 0 Å². The number of fused-ring (bicyclic) bond motifs is 1. The zero-order valence-corrected chi connectivity index (χ0v) is 17.6. The average Bonchev–Trinajstić information content (AvgIpc) is 2.70. The zero-order valence-electron chi connectivity index (χ0n) is 17.6. The molecule has 0 saturated heterocycles. The Morgan fingerprint density at radius 1 is 1.30 bits per heavy atom. The average molecular weight is 407 g/mol. The van der Waals surface area contributed by atoms with Crippen molar-refractivity contribution in [3.05, 3.63) is 68.0 Å². The zero-order chi connectivity index (χ0) is 22.0. The van der Waals surface area contributed by atoms with Crippen molar-refractivity contribution in [1.29, 1.82) is 5.26 Å². The Labute approximate surface area is 174 Å². The molecular formula is C23H25N3O4. The van der Waals surface area contributed by atoms with Crippen molar-refractivity contribution in [2.45, 2.75) is 46.5 Å². The van der Waals surface area contributed by atoms with E-state index in [-0.39, 0.29) is 34.8 Å². The Hall–Kier alpha value is -3.53. The maximum absolute atomic E-state index is 13.1. The lowest BCUT2D eigenvalue weighted by molar-refractivity contribution is -0.139. The number of rotatable bonds is 5. The highest BCUT2D eigenvalue weighted by Gasteiger charge is 2.38. The van der Waals surface area contributed by atoms with Crippen molar-refractivity contribution in [2.24, 2.45) is 5.73 Å². The third-order valence-electron chi connectivity index (χ3n) is 5.25. The molecule has 1 aliphatic heterocycles. The molecule has 0 saturated carbocycles. The van der Waals surface area contributed by atoms with Crippen LogP contribution in [-0.2, 0) is 14.3 Å². The smallest absolute Gasteiger partial charge is 0.338 e. The lowest BCUT2D eigenvalue weighted by Gasteiger charge is -2.28. The van der Waals surface area contributed by atoms with E-state index in [1.807, 2.05) is 39.0 Å². The molecule has 7 heteroatoms. The third-order valence-corrected chi connectivity index (χ3v) is 5.25. The van der Waals surface area contributed by atoms with Crippen LogP contribution in [0.2, 0.25) is 0 Å². The summed E-state index contributed by atoms with van der Waals surface area (Å²) in [7, 11) is 0. The van der Waals surface area contributed by atoms with Crippen LogP contribution in [0, 0.1) is 25.2 Å². The number of carbonyl (C=O) groups is 1. The minimum absolute atomic E-state index is 0.0214. The highest BCUT2D eigenvalue weighted by molar-refractivity contribution is 5.93. The van der Waals surface area contributed by atoms with E-state index in [0.717, 1.165) is 22.0 Å². The number of hydrogen-bond donors (Lipinski definition) is 2. The molecule has 156 valence electrons. The van der Waals surface area contributed by atoms with Crippen molar-refractivity contribution in [2.75, 3.05) is 6.61 Å². The molecule has 7 nitrogen and oxygen atoms in total. The van der Waals surface area contributed by atoms with E-state index in [0.29, 0.717) is 18.6 Å². The minimum Gasteiger partial charge on any atom is -0.463 e. The first-order valence-electron chi connectivity index (χ1n) is 9.94. The molecule has 1 aromatic heterocycles. The number of pyridine rings is 1. The van der Waals surface area contributed by atoms with E-state index in [4.69, 9.17) is 15.2 Å². The third kappa shape index (κ3) is 3.57. The number of aryl methyl sites for hydroxylation is 2. The molecule has 30 heavy (non-hydrogen) atoms. The van der Waals surface area contributed by atoms with Gasteiger partial charge in [0.05, 0.1) is 23.6 Å². The Kier molecular flexibility index (Phi) is 5.97. The van der Waals surface area contributed by atoms with Gasteiger partial charge in [-0.05, 0) is 44.4 Å². The molecular weight excluding hydrogens is 382 g/mol. The fourth-order valence-electron chi connectivity index (χ4n) is 3.78. The first kappa shape index (κ1) is 21.2. The fourth-order valence-corrected chi connectivity index (χ4v) is 3.78. The lowest BCUT2D eigenvalue weighted by atomic mass is 9.82. The maximum Gasteiger partial charge on any atom is 0.338 e. The summed E-state index contributed by atoms with van der Waals surface area (Å²) in [5, 5.41) is 10.6. The molecule has 1 aromatic carbocycles. The second-order valence-electron chi connectivity index (χ2n) is 7.27. The van der Waals surface area contributed by atoms with Crippen molar-refractivity contribution in [3.8, 4) is 6.07 Å². The summed E-state index contributed by atoms with van der Waals surface area (Å²) in [6.07, 6.45) is 1.11. The topological polar surface area (TPSA) is 118 Å². The van der Waals surface area contributed by atoms with Crippen LogP contribution < -0.4 is 11.3 Å².